The number of hydrogen-bond donors (Lipinski definition) is 2. The van der Waals surface area contributed by atoms with Gasteiger partial charge in [-0.05, 0) is 29.7 Å². The van der Waals surface area contributed by atoms with Gasteiger partial charge < -0.3 is 14.9 Å². The maximum Gasteiger partial charge on any atom is 0.346 e. The van der Waals surface area contributed by atoms with Gasteiger partial charge in [0.1, 0.15) is 11.5 Å². The van der Waals surface area contributed by atoms with Crippen molar-refractivity contribution in [1.82, 2.24) is 0 Å². The third-order valence-corrected chi connectivity index (χ3v) is 2.64. The Morgan fingerprint density at radius 1 is 0.824 bits per heavy atom. The number of aromatic hydroxyl groups is 2. The van der Waals surface area contributed by atoms with Crippen molar-refractivity contribution < 1.29 is 24.5 Å². The van der Waals surface area contributed by atoms with Gasteiger partial charge in [0.2, 0.25) is 0 Å². The summed E-state index contributed by atoms with van der Waals surface area (Å²) in [4.78, 5) is 23.0. The molecule has 0 fully saturated rings. The maximum atomic E-state index is 11.5. The number of cyclic esters (lactones) is 2. The molecule has 0 saturated carbocycles. The topological polar surface area (TPSA) is 83.8 Å². The van der Waals surface area contributed by atoms with E-state index < -0.39 is 11.9 Å². The highest BCUT2D eigenvalue weighted by molar-refractivity contribution is 6.21. The van der Waals surface area contributed by atoms with E-state index in [1.165, 1.54) is 24.3 Å². The van der Waals surface area contributed by atoms with E-state index >= 15 is 0 Å². The fraction of sp³-hybridized carbons (Fsp3) is 0. The average Bonchev–Trinajstić information content (AvgIpc) is 2.24. The first-order chi connectivity index (χ1) is 8.06. The second-order valence-corrected chi connectivity index (χ2v) is 3.76. The number of carbonyl (C=O) groups excluding carboxylic acids is 2. The minimum atomic E-state index is -0.797. The van der Waals surface area contributed by atoms with Gasteiger partial charge >= 0.3 is 11.9 Å². The van der Waals surface area contributed by atoms with E-state index in [1.807, 2.05) is 0 Å². The summed E-state index contributed by atoms with van der Waals surface area (Å²) in [5.41, 5.74) is 0.240. The number of rotatable bonds is 0. The molecule has 17 heavy (non-hydrogen) atoms. The monoisotopic (exact) mass is 230 g/mol. The highest BCUT2D eigenvalue weighted by atomic mass is 16.6. The minimum absolute atomic E-state index is 0.120. The van der Waals surface area contributed by atoms with Gasteiger partial charge in [-0.2, -0.15) is 0 Å². The van der Waals surface area contributed by atoms with Crippen LogP contribution in [0.5, 0.6) is 11.5 Å². The van der Waals surface area contributed by atoms with E-state index in [0.717, 1.165) is 0 Å². The Bertz CT molecular complexity index is 632. The van der Waals surface area contributed by atoms with Gasteiger partial charge in [-0.25, -0.2) is 9.59 Å². The standard InChI is InChI=1S/C12H6O5/c13-6-1-5-2-7(14)4-9-10(5)8(3-6)11(15)17-12(9)16/h1-4,13-14H. The number of phenolic OH excluding ortho intramolecular Hbond substituents is 2. The Kier molecular flexibility index (Phi) is 1.69. The van der Waals surface area contributed by atoms with Crippen LogP contribution in [-0.4, -0.2) is 22.2 Å². The van der Waals surface area contributed by atoms with E-state index in [0.29, 0.717) is 10.8 Å². The van der Waals surface area contributed by atoms with Crippen molar-refractivity contribution in [3.05, 3.63) is 35.4 Å². The Balaban J connectivity index is 2.56. The van der Waals surface area contributed by atoms with E-state index in [-0.39, 0.29) is 22.6 Å². The molecular formula is C12H6O5. The van der Waals surface area contributed by atoms with Crippen molar-refractivity contribution in [3.8, 4) is 11.5 Å². The summed E-state index contributed by atoms with van der Waals surface area (Å²) in [5.74, 6) is -1.85. The molecule has 1 aliphatic rings. The van der Waals surface area contributed by atoms with Gasteiger partial charge in [0, 0.05) is 5.39 Å². The number of benzene rings is 2. The fourth-order valence-electron chi connectivity index (χ4n) is 2.00. The molecule has 5 heteroatoms. The van der Waals surface area contributed by atoms with Crippen LogP contribution in [-0.2, 0) is 4.74 Å². The number of esters is 2. The summed E-state index contributed by atoms with van der Waals surface area (Å²) in [6, 6.07) is 5.21. The molecule has 2 aromatic carbocycles. The minimum Gasteiger partial charge on any atom is -0.508 e. The Morgan fingerprint density at radius 2 is 1.29 bits per heavy atom. The van der Waals surface area contributed by atoms with Crippen LogP contribution in [0, 0.1) is 0 Å². The number of carbonyl (C=O) groups is 2. The van der Waals surface area contributed by atoms with Crippen LogP contribution < -0.4 is 0 Å². The van der Waals surface area contributed by atoms with Gasteiger partial charge in [-0.3, -0.25) is 0 Å². The zero-order valence-corrected chi connectivity index (χ0v) is 8.43. The third kappa shape index (κ3) is 1.25. The summed E-state index contributed by atoms with van der Waals surface area (Å²) in [7, 11) is 0. The van der Waals surface area contributed by atoms with Crippen molar-refractivity contribution in [2.45, 2.75) is 0 Å². The maximum absolute atomic E-state index is 11.5. The number of hydrogen-bond acceptors (Lipinski definition) is 5. The number of ether oxygens (including phenoxy) is 1. The fourth-order valence-corrected chi connectivity index (χ4v) is 2.00. The van der Waals surface area contributed by atoms with Crippen LogP contribution in [0.2, 0.25) is 0 Å². The van der Waals surface area contributed by atoms with Gasteiger partial charge in [0.25, 0.3) is 0 Å². The molecule has 0 radical (unpaired) electrons. The Morgan fingerprint density at radius 3 is 1.76 bits per heavy atom. The average molecular weight is 230 g/mol. The molecule has 0 amide bonds. The van der Waals surface area contributed by atoms with Crippen LogP contribution >= 0.6 is 0 Å². The first-order valence-corrected chi connectivity index (χ1v) is 4.82. The molecule has 1 heterocycles. The lowest BCUT2D eigenvalue weighted by molar-refractivity contribution is 0.0390. The quantitative estimate of drug-likeness (QED) is 0.530. The lowest BCUT2D eigenvalue weighted by atomic mass is 9.96. The van der Waals surface area contributed by atoms with E-state index in [9.17, 15) is 19.8 Å². The second kappa shape index (κ2) is 2.98. The smallest absolute Gasteiger partial charge is 0.346 e. The van der Waals surface area contributed by atoms with Crippen molar-refractivity contribution in [2.75, 3.05) is 0 Å². The van der Waals surface area contributed by atoms with Crippen LogP contribution in [0.3, 0.4) is 0 Å². The largest absolute Gasteiger partial charge is 0.508 e. The highest BCUT2D eigenvalue weighted by Gasteiger charge is 2.28. The molecule has 0 unspecified atom stereocenters. The van der Waals surface area contributed by atoms with E-state index in [4.69, 9.17) is 0 Å². The normalized spacial score (nSPS) is 13.9. The Labute approximate surface area is 94.9 Å². The molecule has 0 spiro atoms. The van der Waals surface area contributed by atoms with Gasteiger partial charge in [-0.1, -0.05) is 0 Å². The van der Waals surface area contributed by atoms with Crippen molar-refractivity contribution in [1.29, 1.82) is 0 Å². The molecule has 2 N–H and O–H groups in total. The molecule has 0 atom stereocenters. The molecule has 0 bridgehead atoms. The zero-order valence-electron chi connectivity index (χ0n) is 8.43. The van der Waals surface area contributed by atoms with Crippen LogP contribution in [0.15, 0.2) is 24.3 Å². The summed E-state index contributed by atoms with van der Waals surface area (Å²) in [5, 5.41) is 19.7. The molecular weight excluding hydrogens is 224 g/mol. The molecule has 0 saturated heterocycles. The molecule has 0 aliphatic carbocycles. The summed E-state index contributed by atoms with van der Waals surface area (Å²) in [6.45, 7) is 0. The van der Waals surface area contributed by atoms with Crippen LogP contribution in [0.25, 0.3) is 10.8 Å². The SMILES string of the molecule is O=C1OC(=O)c2cc(O)cc3cc(O)cc1c23. The first-order valence-electron chi connectivity index (χ1n) is 4.82. The van der Waals surface area contributed by atoms with E-state index in [1.54, 1.807) is 0 Å². The molecule has 84 valence electrons. The van der Waals surface area contributed by atoms with Crippen LogP contribution in [0.1, 0.15) is 20.7 Å². The molecule has 1 aliphatic heterocycles. The lowest BCUT2D eigenvalue weighted by Gasteiger charge is -2.15. The molecule has 5 nitrogen and oxygen atoms in total. The van der Waals surface area contributed by atoms with Crippen molar-refractivity contribution >= 4 is 22.7 Å². The summed E-state index contributed by atoms with van der Waals surface area (Å²) in [6.07, 6.45) is 0. The van der Waals surface area contributed by atoms with Crippen molar-refractivity contribution in [3.63, 3.8) is 0 Å². The molecule has 3 rings (SSSR count). The zero-order chi connectivity index (χ0) is 12.2. The summed E-state index contributed by atoms with van der Waals surface area (Å²) >= 11 is 0. The summed E-state index contributed by atoms with van der Waals surface area (Å²) < 4.78 is 4.51. The van der Waals surface area contributed by atoms with Crippen LogP contribution in [0.4, 0.5) is 0 Å². The van der Waals surface area contributed by atoms with Gasteiger partial charge in [0.15, 0.2) is 0 Å². The molecule has 0 aromatic heterocycles. The molecule has 2 aromatic rings. The highest BCUT2D eigenvalue weighted by Crippen LogP contribution is 2.34. The predicted octanol–water partition coefficient (Wildman–Crippen LogP) is 1.56. The van der Waals surface area contributed by atoms with Gasteiger partial charge in [-0.15, -0.1) is 0 Å². The third-order valence-electron chi connectivity index (χ3n) is 2.64. The van der Waals surface area contributed by atoms with Crippen molar-refractivity contribution in [2.24, 2.45) is 0 Å². The lowest BCUT2D eigenvalue weighted by Crippen LogP contribution is -2.19. The predicted molar refractivity (Wildman–Crippen MR) is 57.0 cm³/mol. The van der Waals surface area contributed by atoms with Gasteiger partial charge in [0.05, 0.1) is 11.1 Å². The first kappa shape index (κ1) is 9.65. The Hall–Kier alpha value is -2.56. The van der Waals surface area contributed by atoms with E-state index in [2.05, 4.69) is 4.74 Å². The second-order valence-electron chi connectivity index (χ2n) is 3.76. The number of phenols is 2.